The number of H-pyrrole nitrogens is 1. The van der Waals surface area contributed by atoms with Gasteiger partial charge in [0, 0.05) is 30.1 Å². The smallest absolute Gasteiger partial charge is 0.284 e. The average Bonchev–Trinajstić information content (AvgIpc) is 3.05. The number of nitrogens with zero attached hydrogens (tertiary/aromatic N) is 2. The largest absolute Gasteiger partial charge is 0.409 e. The number of nitrogens with one attached hydrogen (secondary N) is 1. The van der Waals surface area contributed by atoms with E-state index in [0.717, 1.165) is 11.3 Å². The molecule has 3 rings (SSSR count). The van der Waals surface area contributed by atoms with E-state index in [1.165, 1.54) is 0 Å². The van der Waals surface area contributed by atoms with Crippen LogP contribution in [0.15, 0.2) is 28.7 Å². The van der Waals surface area contributed by atoms with Crippen molar-refractivity contribution in [3.8, 4) is 11.5 Å². The fourth-order valence-electron chi connectivity index (χ4n) is 2.27. The number of benzene rings is 1. The Balaban J connectivity index is 1.83. The molecule has 7 heteroatoms. The Kier molecular flexibility index (Phi) is 3.58. The molecule has 1 N–H and O–H groups in total. The van der Waals surface area contributed by atoms with Crippen molar-refractivity contribution in [1.82, 2.24) is 10.2 Å². The van der Waals surface area contributed by atoms with Crippen molar-refractivity contribution in [1.29, 1.82) is 0 Å². The monoisotopic (exact) mass is 309 g/mol. The maximum atomic E-state index is 11.9. The topological polar surface area (TPSA) is 62.1 Å². The van der Waals surface area contributed by atoms with Crippen molar-refractivity contribution in [2.45, 2.75) is 6.42 Å². The van der Waals surface area contributed by atoms with Crippen molar-refractivity contribution >= 4 is 35.4 Å². The highest BCUT2D eigenvalue weighted by Crippen LogP contribution is 2.27. The molecule has 0 spiro atoms. The number of aromatic nitrogens is 2. The molecule has 0 saturated carbocycles. The van der Waals surface area contributed by atoms with Crippen molar-refractivity contribution in [3.63, 3.8) is 0 Å². The number of aromatic amines is 1. The molecule has 1 saturated heterocycles. The first-order valence-electron chi connectivity index (χ1n) is 6.19. The summed E-state index contributed by atoms with van der Waals surface area (Å²) in [4.78, 5) is 13.9. The highest BCUT2D eigenvalue weighted by Gasteiger charge is 2.29. The van der Waals surface area contributed by atoms with E-state index in [1.54, 1.807) is 4.90 Å². The molecule has 104 valence electrons. The van der Waals surface area contributed by atoms with Gasteiger partial charge in [0.25, 0.3) is 4.84 Å². The van der Waals surface area contributed by atoms with Gasteiger partial charge in [0.1, 0.15) is 0 Å². The standard InChI is InChI=1S/C13H12ClN3O2S/c14-6-8-5-11(18)17(7-8)10-3-1-9(2-4-10)12-15-16-13(20)19-12/h1-4,8H,5-7H2,(H,16,20). The molecule has 5 nitrogen and oxygen atoms in total. The minimum atomic E-state index is 0.112. The van der Waals surface area contributed by atoms with Crippen LogP contribution in [-0.2, 0) is 4.79 Å². The van der Waals surface area contributed by atoms with Crippen LogP contribution in [0, 0.1) is 10.8 Å². The van der Waals surface area contributed by atoms with Crippen LogP contribution in [0.2, 0.25) is 0 Å². The maximum Gasteiger partial charge on any atom is 0.284 e. The lowest BCUT2D eigenvalue weighted by Crippen LogP contribution is -2.24. The van der Waals surface area contributed by atoms with Gasteiger partial charge in [-0.3, -0.25) is 4.79 Å². The van der Waals surface area contributed by atoms with Crippen molar-refractivity contribution in [2.75, 3.05) is 17.3 Å². The van der Waals surface area contributed by atoms with E-state index in [9.17, 15) is 4.79 Å². The van der Waals surface area contributed by atoms with Gasteiger partial charge < -0.3 is 9.32 Å². The number of hydrogen-bond donors (Lipinski definition) is 1. The zero-order valence-electron chi connectivity index (χ0n) is 10.5. The van der Waals surface area contributed by atoms with Gasteiger partial charge in [-0.1, -0.05) is 0 Å². The van der Waals surface area contributed by atoms with Crippen LogP contribution in [-0.4, -0.2) is 28.5 Å². The van der Waals surface area contributed by atoms with Crippen molar-refractivity contribution in [2.24, 2.45) is 5.92 Å². The summed E-state index contributed by atoms with van der Waals surface area (Å²) in [5.74, 6) is 1.29. The molecule has 1 aromatic carbocycles. The molecular formula is C13H12ClN3O2S. The fraction of sp³-hybridized carbons (Fsp3) is 0.308. The summed E-state index contributed by atoms with van der Waals surface area (Å²) in [6.45, 7) is 0.671. The second-order valence-electron chi connectivity index (χ2n) is 4.69. The van der Waals surface area contributed by atoms with Crippen LogP contribution in [0.5, 0.6) is 0 Å². The predicted octanol–water partition coefficient (Wildman–Crippen LogP) is 2.99. The molecule has 1 amide bonds. The van der Waals surface area contributed by atoms with Crippen LogP contribution >= 0.6 is 23.8 Å². The second kappa shape index (κ2) is 5.38. The number of anilines is 1. The minimum Gasteiger partial charge on any atom is -0.409 e. The average molecular weight is 310 g/mol. The lowest BCUT2D eigenvalue weighted by Gasteiger charge is -2.16. The summed E-state index contributed by atoms with van der Waals surface area (Å²) in [5, 5.41) is 6.54. The van der Waals surface area contributed by atoms with Gasteiger partial charge in [-0.25, -0.2) is 5.10 Å². The number of alkyl halides is 1. The van der Waals surface area contributed by atoms with Gasteiger partial charge in [0.05, 0.1) is 0 Å². The summed E-state index contributed by atoms with van der Waals surface area (Å²) in [5.41, 5.74) is 1.67. The maximum absolute atomic E-state index is 11.9. The van der Waals surface area contributed by atoms with Crippen LogP contribution in [0.1, 0.15) is 6.42 Å². The number of carbonyl (C=O) groups is 1. The summed E-state index contributed by atoms with van der Waals surface area (Å²) >= 11 is 10.7. The summed E-state index contributed by atoms with van der Waals surface area (Å²) in [7, 11) is 0. The Bertz CT molecular complexity index is 679. The van der Waals surface area contributed by atoms with Gasteiger partial charge in [0.2, 0.25) is 11.8 Å². The molecule has 20 heavy (non-hydrogen) atoms. The van der Waals surface area contributed by atoms with Crippen molar-refractivity contribution < 1.29 is 9.21 Å². The van der Waals surface area contributed by atoms with Gasteiger partial charge in [-0.05, 0) is 42.4 Å². The third-order valence-corrected chi connectivity index (χ3v) is 3.90. The Labute approximate surface area is 125 Å². The molecule has 0 aliphatic carbocycles. The third kappa shape index (κ3) is 2.48. The number of halogens is 1. The molecular weight excluding hydrogens is 298 g/mol. The predicted molar refractivity (Wildman–Crippen MR) is 78.3 cm³/mol. The van der Waals surface area contributed by atoms with Crippen LogP contribution in [0.4, 0.5) is 5.69 Å². The number of hydrogen-bond acceptors (Lipinski definition) is 4. The quantitative estimate of drug-likeness (QED) is 0.699. The van der Waals surface area contributed by atoms with E-state index in [1.807, 2.05) is 24.3 Å². The highest BCUT2D eigenvalue weighted by atomic mass is 35.5. The molecule has 1 unspecified atom stereocenters. The molecule has 2 aromatic rings. The molecule has 1 atom stereocenters. The Morgan fingerprint density at radius 3 is 2.75 bits per heavy atom. The van der Waals surface area contributed by atoms with E-state index in [0.29, 0.717) is 24.7 Å². The Morgan fingerprint density at radius 1 is 1.45 bits per heavy atom. The third-order valence-electron chi connectivity index (χ3n) is 3.29. The van der Waals surface area contributed by atoms with Gasteiger partial charge in [0.15, 0.2) is 0 Å². The lowest BCUT2D eigenvalue weighted by atomic mass is 10.1. The Hall–Kier alpha value is -1.66. The van der Waals surface area contributed by atoms with Gasteiger partial charge in [-0.2, -0.15) is 0 Å². The molecule has 0 radical (unpaired) electrons. The number of amides is 1. The fourth-order valence-corrected chi connectivity index (χ4v) is 2.60. The summed E-state index contributed by atoms with van der Waals surface area (Å²) in [6, 6.07) is 7.45. The number of carbonyl (C=O) groups excluding carboxylic acids is 1. The van der Waals surface area contributed by atoms with E-state index in [2.05, 4.69) is 10.2 Å². The van der Waals surface area contributed by atoms with Crippen LogP contribution < -0.4 is 4.90 Å². The van der Waals surface area contributed by atoms with E-state index in [-0.39, 0.29) is 16.7 Å². The molecule has 1 aromatic heterocycles. The van der Waals surface area contributed by atoms with Gasteiger partial charge >= 0.3 is 0 Å². The first-order valence-corrected chi connectivity index (χ1v) is 7.14. The molecule has 1 aliphatic rings. The molecule has 0 bridgehead atoms. The first-order chi connectivity index (χ1) is 9.67. The highest BCUT2D eigenvalue weighted by molar-refractivity contribution is 7.71. The van der Waals surface area contributed by atoms with E-state index >= 15 is 0 Å². The lowest BCUT2D eigenvalue weighted by molar-refractivity contribution is -0.117. The number of rotatable bonds is 3. The normalized spacial score (nSPS) is 18.8. The molecule has 1 fully saturated rings. The van der Waals surface area contributed by atoms with Crippen LogP contribution in [0.3, 0.4) is 0 Å². The zero-order valence-corrected chi connectivity index (χ0v) is 12.1. The van der Waals surface area contributed by atoms with Crippen LogP contribution in [0.25, 0.3) is 11.5 Å². The zero-order chi connectivity index (χ0) is 14.1. The summed E-state index contributed by atoms with van der Waals surface area (Å²) < 4.78 is 5.24. The van der Waals surface area contributed by atoms with E-state index in [4.69, 9.17) is 28.2 Å². The van der Waals surface area contributed by atoms with Gasteiger partial charge in [-0.15, -0.1) is 16.7 Å². The summed E-state index contributed by atoms with van der Waals surface area (Å²) in [6.07, 6.45) is 0.513. The molecule has 1 aliphatic heterocycles. The first kappa shape index (κ1) is 13.3. The minimum absolute atomic E-state index is 0.112. The SMILES string of the molecule is O=C1CC(CCl)CN1c1ccc(-c2n[nH]c(=S)o2)cc1. The van der Waals surface area contributed by atoms with Crippen molar-refractivity contribution in [3.05, 3.63) is 29.1 Å². The molecule has 2 heterocycles. The second-order valence-corrected chi connectivity index (χ2v) is 5.37. The van der Waals surface area contributed by atoms with E-state index < -0.39 is 0 Å². The Morgan fingerprint density at radius 2 is 2.20 bits per heavy atom.